The molecule has 0 rings (SSSR count). The molecule has 0 aliphatic heterocycles. The summed E-state index contributed by atoms with van der Waals surface area (Å²) in [4.78, 5) is 17.3. The number of hydrogen-bond donors (Lipinski definition) is 2. The highest BCUT2D eigenvalue weighted by Gasteiger charge is 2.12. The van der Waals surface area contributed by atoms with Gasteiger partial charge in [-0.15, -0.1) is 0 Å². The van der Waals surface area contributed by atoms with Gasteiger partial charge in [0.2, 0.25) is 0 Å². The zero-order chi connectivity index (χ0) is 19.5. The van der Waals surface area contributed by atoms with Crippen molar-refractivity contribution >= 4 is 7.82 Å². The van der Waals surface area contributed by atoms with E-state index < -0.39 is 7.82 Å². The highest BCUT2D eigenvalue weighted by atomic mass is 31.2. The molecule has 5 heteroatoms. The van der Waals surface area contributed by atoms with Gasteiger partial charge in [0.15, 0.2) is 0 Å². The highest BCUT2D eigenvalue weighted by Crippen LogP contribution is 2.35. The lowest BCUT2D eigenvalue weighted by atomic mass is 9.90. The van der Waals surface area contributed by atoms with Crippen LogP contribution in [0.25, 0.3) is 0 Å². The fraction of sp³-hybridized carbons (Fsp3) is 0.600. The van der Waals surface area contributed by atoms with E-state index in [1.807, 2.05) is 6.92 Å². The van der Waals surface area contributed by atoms with Gasteiger partial charge in [0, 0.05) is 0 Å². The highest BCUT2D eigenvalue weighted by molar-refractivity contribution is 7.46. The maximum absolute atomic E-state index is 10.7. The molecule has 1 atom stereocenters. The third-order valence-electron chi connectivity index (χ3n) is 4.10. The molecule has 0 aromatic heterocycles. The van der Waals surface area contributed by atoms with Crippen molar-refractivity contribution in [3.05, 3.63) is 47.1 Å². The van der Waals surface area contributed by atoms with Crippen LogP contribution >= 0.6 is 7.82 Å². The largest absolute Gasteiger partial charge is 0.469 e. The van der Waals surface area contributed by atoms with Gasteiger partial charge in [-0.25, -0.2) is 4.57 Å². The normalized spacial score (nSPS) is 14.4. The van der Waals surface area contributed by atoms with Crippen LogP contribution < -0.4 is 0 Å². The Morgan fingerprint density at radius 2 is 1.64 bits per heavy atom. The molecule has 1 unspecified atom stereocenters. The molecule has 0 heterocycles. The second-order valence-corrected chi connectivity index (χ2v) is 8.26. The maximum Gasteiger partial charge on any atom is 0.469 e. The van der Waals surface area contributed by atoms with Crippen LogP contribution in [0.3, 0.4) is 0 Å². The molecule has 4 nitrogen and oxygen atoms in total. The molecule has 0 bridgehead atoms. The molecule has 0 aliphatic carbocycles. The summed E-state index contributed by atoms with van der Waals surface area (Å²) in [5.74, 6) is 0.421. The summed E-state index contributed by atoms with van der Waals surface area (Å²) in [6.07, 6.45) is 11.3. The summed E-state index contributed by atoms with van der Waals surface area (Å²) in [6.45, 7) is 14.5. The monoisotopic (exact) mass is 370 g/mol. The second-order valence-electron chi connectivity index (χ2n) is 7.03. The second kappa shape index (κ2) is 12.4. The first kappa shape index (κ1) is 24.1. The van der Waals surface area contributed by atoms with E-state index >= 15 is 0 Å². The van der Waals surface area contributed by atoms with Crippen LogP contribution in [0.1, 0.15) is 66.7 Å². The molecule has 144 valence electrons. The van der Waals surface area contributed by atoms with E-state index in [1.165, 1.54) is 16.7 Å². The molecular formula is C20H35O4P. The van der Waals surface area contributed by atoms with Gasteiger partial charge < -0.3 is 9.79 Å². The summed E-state index contributed by atoms with van der Waals surface area (Å²) in [5.41, 5.74) is 5.01. The Labute approximate surface area is 153 Å². The van der Waals surface area contributed by atoms with E-state index in [9.17, 15) is 4.57 Å². The average Bonchev–Trinajstić information content (AvgIpc) is 2.44. The maximum atomic E-state index is 10.7. The minimum absolute atomic E-state index is 0.0583. The van der Waals surface area contributed by atoms with E-state index in [-0.39, 0.29) is 6.61 Å². The van der Waals surface area contributed by atoms with Crippen LogP contribution in [0.2, 0.25) is 0 Å². The zero-order valence-corrected chi connectivity index (χ0v) is 17.3. The van der Waals surface area contributed by atoms with E-state index in [1.54, 1.807) is 6.08 Å². The van der Waals surface area contributed by atoms with Gasteiger partial charge in [-0.2, -0.15) is 0 Å². The molecule has 2 N–H and O–H groups in total. The van der Waals surface area contributed by atoms with Gasteiger partial charge in [0.1, 0.15) is 0 Å². The van der Waals surface area contributed by atoms with E-state index in [4.69, 9.17) is 9.79 Å². The standard InChI is InChI=1S/C20H35O4P/c1-16(2)8-7-9-18(5)10-12-20(17(3)4)13-11-19(6)14-15-24-25(21,22)23/h8,10,14,20H,3,7,9,11-13,15H2,1-2,4-6H3,(H2,21,22,23)/b18-10+,19-14+. The average molecular weight is 370 g/mol. The number of rotatable bonds is 12. The first-order valence-electron chi connectivity index (χ1n) is 8.81. The van der Waals surface area contributed by atoms with Crippen molar-refractivity contribution < 1.29 is 18.9 Å². The summed E-state index contributed by atoms with van der Waals surface area (Å²) in [5, 5.41) is 0. The molecule has 0 saturated carbocycles. The molecule has 0 aliphatic rings. The van der Waals surface area contributed by atoms with Crippen molar-refractivity contribution in [1.29, 1.82) is 0 Å². The van der Waals surface area contributed by atoms with Gasteiger partial charge >= 0.3 is 7.82 Å². The van der Waals surface area contributed by atoms with Crippen LogP contribution in [0.15, 0.2) is 47.1 Å². The topological polar surface area (TPSA) is 66.8 Å². The van der Waals surface area contributed by atoms with Gasteiger partial charge in [-0.05, 0) is 72.6 Å². The van der Waals surface area contributed by atoms with Gasteiger partial charge in [0.25, 0.3) is 0 Å². The van der Waals surface area contributed by atoms with E-state index in [0.717, 1.165) is 37.7 Å². The third kappa shape index (κ3) is 15.1. The third-order valence-corrected chi connectivity index (χ3v) is 4.59. The van der Waals surface area contributed by atoms with Crippen LogP contribution in [0, 0.1) is 5.92 Å². The molecular weight excluding hydrogens is 335 g/mol. The van der Waals surface area contributed by atoms with Crippen molar-refractivity contribution in [2.45, 2.75) is 66.7 Å². The predicted molar refractivity (Wildman–Crippen MR) is 106 cm³/mol. The van der Waals surface area contributed by atoms with Gasteiger partial charge in [-0.1, -0.05) is 47.1 Å². The minimum Gasteiger partial charge on any atom is -0.303 e. The Balaban J connectivity index is 4.42. The smallest absolute Gasteiger partial charge is 0.303 e. The van der Waals surface area contributed by atoms with Crippen molar-refractivity contribution in [3.8, 4) is 0 Å². The van der Waals surface area contributed by atoms with E-state index in [2.05, 4.69) is 50.9 Å². The molecule has 0 aromatic rings. The quantitative estimate of drug-likeness (QED) is 0.322. The Hall–Kier alpha value is -0.930. The predicted octanol–water partition coefficient (Wildman–Crippen LogP) is 6.10. The van der Waals surface area contributed by atoms with Crippen molar-refractivity contribution in [2.24, 2.45) is 5.92 Å². The first-order valence-corrected chi connectivity index (χ1v) is 10.3. The fourth-order valence-corrected chi connectivity index (χ4v) is 2.65. The SMILES string of the molecule is C=C(C)C(C/C=C(\C)CCC=C(C)C)CC/C(C)=C/COP(=O)(O)O. The number of hydrogen-bond acceptors (Lipinski definition) is 2. The molecule has 0 aromatic carbocycles. The Kier molecular flexibility index (Phi) is 12.0. The van der Waals surface area contributed by atoms with Crippen molar-refractivity contribution in [2.75, 3.05) is 6.61 Å². The molecule has 0 spiro atoms. The number of phosphoric acid groups is 1. The fourth-order valence-electron chi connectivity index (χ4n) is 2.38. The summed E-state index contributed by atoms with van der Waals surface area (Å²) < 4.78 is 15.1. The molecule has 0 amide bonds. The Morgan fingerprint density at radius 3 is 2.16 bits per heavy atom. The Morgan fingerprint density at radius 1 is 1.04 bits per heavy atom. The lowest BCUT2D eigenvalue weighted by Crippen LogP contribution is -2.01. The first-order chi connectivity index (χ1) is 11.5. The van der Waals surface area contributed by atoms with E-state index in [0.29, 0.717) is 5.92 Å². The lowest BCUT2D eigenvalue weighted by Gasteiger charge is -2.16. The van der Waals surface area contributed by atoms with Gasteiger partial charge in [0.05, 0.1) is 6.61 Å². The van der Waals surface area contributed by atoms with Crippen LogP contribution in [-0.2, 0) is 9.09 Å². The molecule has 0 saturated heterocycles. The van der Waals surface area contributed by atoms with Crippen LogP contribution in [0.5, 0.6) is 0 Å². The lowest BCUT2D eigenvalue weighted by molar-refractivity contribution is 0.215. The van der Waals surface area contributed by atoms with Gasteiger partial charge in [-0.3, -0.25) is 4.52 Å². The Bertz CT molecular complexity index is 548. The van der Waals surface area contributed by atoms with Crippen LogP contribution in [-0.4, -0.2) is 16.4 Å². The minimum atomic E-state index is -4.38. The molecule has 0 fully saturated rings. The molecule has 25 heavy (non-hydrogen) atoms. The molecule has 0 radical (unpaired) electrons. The summed E-state index contributed by atoms with van der Waals surface area (Å²) in [6, 6.07) is 0. The van der Waals surface area contributed by atoms with Crippen molar-refractivity contribution in [1.82, 2.24) is 0 Å². The van der Waals surface area contributed by atoms with Crippen molar-refractivity contribution in [3.63, 3.8) is 0 Å². The zero-order valence-electron chi connectivity index (χ0n) is 16.4. The number of phosphoric ester groups is 1. The summed E-state index contributed by atoms with van der Waals surface area (Å²) in [7, 11) is -4.38. The van der Waals surface area contributed by atoms with Crippen LogP contribution in [0.4, 0.5) is 0 Å². The summed E-state index contributed by atoms with van der Waals surface area (Å²) >= 11 is 0. The number of allylic oxidation sites excluding steroid dienone is 6.